The van der Waals surface area contributed by atoms with Gasteiger partial charge in [0.15, 0.2) is 0 Å². The van der Waals surface area contributed by atoms with E-state index >= 15 is 4.39 Å². The van der Waals surface area contributed by atoms with Gasteiger partial charge < -0.3 is 11.5 Å². The Morgan fingerprint density at radius 1 is 0.556 bits per heavy atom. The predicted octanol–water partition coefficient (Wildman–Crippen LogP) is 4.82. The summed E-state index contributed by atoms with van der Waals surface area (Å²) in [6.07, 6.45) is -6.61. The SMILES string of the molecule is Nc1c(F)cc(C(F)(c2cc(F)c(N)c(F)c2)C(F)(F)C(F)(F)F)cc1F. The Balaban J connectivity index is 2.94. The van der Waals surface area contributed by atoms with Crippen LogP contribution >= 0.6 is 0 Å². The molecule has 0 atom stereocenters. The summed E-state index contributed by atoms with van der Waals surface area (Å²) < 4.78 is 136. The lowest BCUT2D eigenvalue weighted by molar-refractivity contribution is -0.323. The maximum Gasteiger partial charge on any atom is 0.457 e. The number of hydrogen-bond acceptors (Lipinski definition) is 2. The van der Waals surface area contributed by atoms with Crippen LogP contribution in [-0.4, -0.2) is 12.1 Å². The summed E-state index contributed by atoms with van der Waals surface area (Å²) in [6, 6.07) is -0.928. The van der Waals surface area contributed by atoms with Crippen LogP contribution in [0.3, 0.4) is 0 Å². The number of anilines is 2. The fraction of sp³-hybridized carbons (Fsp3) is 0.200. The predicted molar refractivity (Wildman–Crippen MR) is 74.4 cm³/mol. The lowest BCUT2D eigenvalue weighted by Gasteiger charge is -2.35. The monoisotopic (exact) mass is 406 g/mol. The van der Waals surface area contributed by atoms with E-state index in [-0.39, 0.29) is 24.3 Å². The molecule has 0 saturated heterocycles. The molecule has 0 aliphatic rings. The van der Waals surface area contributed by atoms with Gasteiger partial charge in [-0.1, -0.05) is 0 Å². The highest BCUT2D eigenvalue weighted by Crippen LogP contribution is 2.55. The summed E-state index contributed by atoms with van der Waals surface area (Å²) >= 11 is 0. The summed E-state index contributed by atoms with van der Waals surface area (Å²) in [5.74, 6) is -13.8. The third kappa shape index (κ3) is 3.02. The first kappa shape index (κ1) is 20.6. The summed E-state index contributed by atoms with van der Waals surface area (Å²) in [6.45, 7) is 0. The van der Waals surface area contributed by atoms with E-state index < -0.39 is 63.5 Å². The van der Waals surface area contributed by atoms with Crippen LogP contribution in [0.25, 0.3) is 0 Å². The van der Waals surface area contributed by atoms with Gasteiger partial charge in [0.25, 0.3) is 0 Å². The van der Waals surface area contributed by atoms with Crippen molar-refractivity contribution in [3.63, 3.8) is 0 Å². The molecule has 0 aliphatic carbocycles. The smallest absolute Gasteiger partial charge is 0.394 e. The number of alkyl halides is 6. The maximum atomic E-state index is 15.3. The molecule has 4 N–H and O–H groups in total. The van der Waals surface area contributed by atoms with Crippen LogP contribution in [0.4, 0.5) is 55.3 Å². The van der Waals surface area contributed by atoms with E-state index in [1.807, 2.05) is 0 Å². The van der Waals surface area contributed by atoms with Crippen LogP contribution in [0.5, 0.6) is 0 Å². The van der Waals surface area contributed by atoms with E-state index in [1.165, 1.54) is 0 Å². The lowest BCUT2D eigenvalue weighted by atomic mass is 9.81. The molecule has 0 heterocycles. The largest absolute Gasteiger partial charge is 0.457 e. The van der Waals surface area contributed by atoms with Crippen LogP contribution in [0.1, 0.15) is 11.1 Å². The van der Waals surface area contributed by atoms with Crippen LogP contribution in [0.15, 0.2) is 24.3 Å². The third-order valence-electron chi connectivity index (χ3n) is 3.74. The number of benzene rings is 2. The fourth-order valence-electron chi connectivity index (χ4n) is 2.29. The molecule has 0 aliphatic heterocycles. The second-order valence-electron chi connectivity index (χ2n) is 5.44. The second kappa shape index (κ2) is 6.20. The highest BCUT2D eigenvalue weighted by Gasteiger charge is 2.73. The van der Waals surface area contributed by atoms with Crippen molar-refractivity contribution in [3.05, 3.63) is 58.7 Å². The molecular formula is C15H8F10N2. The minimum atomic E-state index is -6.61. The minimum Gasteiger partial charge on any atom is -0.394 e. The van der Waals surface area contributed by atoms with Crippen LogP contribution in [0.2, 0.25) is 0 Å². The minimum absolute atomic E-state index is 0.232. The van der Waals surface area contributed by atoms with Gasteiger partial charge in [-0.3, -0.25) is 0 Å². The van der Waals surface area contributed by atoms with Crippen LogP contribution < -0.4 is 11.5 Å². The van der Waals surface area contributed by atoms with Crippen molar-refractivity contribution in [2.45, 2.75) is 17.8 Å². The van der Waals surface area contributed by atoms with Crippen molar-refractivity contribution in [1.29, 1.82) is 0 Å². The Morgan fingerprint density at radius 3 is 1.04 bits per heavy atom. The molecule has 0 bridgehead atoms. The molecule has 0 aromatic heterocycles. The van der Waals surface area contributed by atoms with E-state index in [4.69, 9.17) is 11.5 Å². The summed E-state index contributed by atoms with van der Waals surface area (Å²) in [7, 11) is 0. The quantitative estimate of drug-likeness (QED) is 0.568. The Morgan fingerprint density at radius 2 is 0.815 bits per heavy atom. The van der Waals surface area contributed by atoms with Gasteiger partial charge in [-0.2, -0.15) is 22.0 Å². The zero-order chi connectivity index (χ0) is 20.9. The standard InChI is InChI=1S/C15H8F10N2/c16-7-1-5(2-8(17)11(7)26)13(20,14(21,22)15(23,24)25)6-3-9(18)12(27)10(19)4-6/h1-4H,26-27H2. The number of halogens is 10. The van der Waals surface area contributed by atoms with E-state index in [1.54, 1.807) is 0 Å². The van der Waals surface area contributed by atoms with Gasteiger partial charge in [0, 0.05) is 11.1 Å². The molecule has 0 radical (unpaired) electrons. The molecule has 148 valence electrons. The van der Waals surface area contributed by atoms with E-state index in [0.717, 1.165) is 0 Å². The van der Waals surface area contributed by atoms with Gasteiger partial charge in [0.1, 0.15) is 34.6 Å². The normalized spacial score (nSPS) is 13.1. The molecule has 0 fully saturated rings. The van der Waals surface area contributed by atoms with Crippen molar-refractivity contribution in [2.24, 2.45) is 0 Å². The van der Waals surface area contributed by atoms with E-state index in [9.17, 15) is 39.5 Å². The molecule has 0 unspecified atom stereocenters. The van der Waals surface area contributed by atoms with Gasteiger partial charge in [0.2, 0.25) is 5.67 Å². The second-order valence-corrected chi connectivity index (χ2v) is 5.44. The van der Waals surface area contributed by atoms with Crippen molar-refractivity contribution >= 4 is 11.4 Å². The van der Waals surface area contributed by atoms with Gasteiger partial charge >= 0.3 is 12.1 Å². The van der Waals surface area contributed by atoms with Gasteiger partial charge in [-0.15, -0.1) is 0 Å². The topological polar surface area (TPSA) is 52.0 Å². The molecule has 0 amide bonds. The molecule has 2 aromatic carbocycles. The summed E-state index contributed by atoms with van der Waals surface area (Å²) in [5, 5.41) is 0. The molecular weight excluding hydrogens is 398 g/mol. The molecule has 2 nitrogen and oxygen atoms in total. The van der Waals surface area contributed by atoms with Gasteiger partial charge in [-0.25, -0.2) is 22.0 Å². The Bertz CT molecular complexity index is 787. The average molecular weight is 406 g/mol. The van der Waals surface area contributed by atoms with Crippen LogP contribution in [0, 0.1) is 23.3 Å². The van der Waals surface area contributed by atoms with Crippen LogP contribution in [-0.2, 0) is 5.67 Å². The van der Waals surface area contributed by atoms with E-state index in [2.05, 4.69) is 0 Å². The van der Waals surface area contributed by atoms with Crippen molar-refractivity contribution in [1.82, 2.24) is 0 Å². The summed E-state index contributed by atoms with van der Waals surface area (Å²) in [5.41, 5.74) is -1.74. The number of nitrogens with two attached hydrogens (primary N) is 2. The first-order valence-corrected chi connectivity index (χ1v) is 6.78. The number of rotatable bonds is 3. The Hall–Kier alpha value is -2.66. The molecule has 2 rings (SSSR count). The van der Waals surface area contributed by atoms with Gasteiger partial charge in [-0.05, 0) is 24.3 Å². The molecule has 0 saturated carbocycles. The highest BCUT2D eigenvalue weighted by molar-refractivity contribution is 5.51. The number of nitrogen functional groups attached to an aromatic ring is 2. The fourth-order valence-corrected chi connectivity index (χ4v) is 2.29. The average Bonchev–Trinajstić information content (AvgIpc) is 2.54. The van der Waals surface area contributed by atoms with Crippen molar-refractivity contribution in [2.75, 3.05) is 11.5 Å². The lowest BCUT2D eigenvalue weighted by Crippen LogP contribution is -2.53. The zero-order valence-corrected chi connectivity index (χ0v) is 12.7. The highest BCUT2D eigenvalue weighted by atomic mass is 19.4. The van der Waals surface area contributed by atoms with Gasteiger partial charge in [0.05, 0.1) is 0 Å². The Labute approximate surface area is 144 Å². The maximum absolute atomic E-state index is 15.3. The first-order valence-electron chi connectivity index (χ1n) is 6.78. The molecule has 0 spiro atoms. The molecule has 2 aromatic rings. The molecule has 12 heteroatoms. The third-order valence-corrected chi connectivity index (χ3v) is 3.74. The van der Waals surface area contributed by atoms with E-state index in [0.29, 0.717) is 0 Å². The zero-order valence-electron chi connectivity index (χ0n) is 12.7. The first-order chi connectivity index (χ1) is 12.1. The molecule has 27 heavy (non-hydrogen) atoms. The van der Waals surface area contributed by atoms with Crippen molar-refractivity contribution in [3.8, 4) is 0 Å². The Kier molecular flexibility index (Phi) is 4.74. The summed E-state index contributed by atoms with van der Waals surface area (Å²) in [4.78, 5) is 0. The number of hydrogen-bond donors (Lipinski definition) is 2. The van der Waals surface area contributed by atoms with Crippen molar-refractivity contribution < 1.29 is 43.9 Å².